The molecule has 0 aromatic heterocycles. The van der Waals surface area contributed by atoms with Gasteiger partial charge in [-0.1, -0.05) is 0 Å². The standard InChI is InChI=1S/C10H15.C4H10NO.2ClH.Hf/c1-7-6-10(4,5)9(3)8(7)2;1-2-3-4-6-5;;;/h1-5H3;5H,2-4H2,1H3;2*1H;/q;-1;;;+1. The molecule has 5 heteroatoms. The van der Waals surface area contributed by atoms with Gasteiger partial charge in [0.1, 0.15) is 0 Å². The van der Waals surface area contributed by atoms with Gasteiger partial charge in [0, 0.05) is 0 Å². The van der Waals surface area contributed by atoms with Crippen LogP contribution in [0.2, 0.25) is 0 Å². The summed E-state index contributed by atoms with van der Waals surface area (Å²) in [6.07, 6.45) is 2.34. The number of rotatable bonds is 6. The van der Waals surface area contributed by atoms with E-state index in [4.69, 9.17) is 4.84 Å². The van der Waals surface area contributed by atoms with Crippen LogP contribution < -0.4 is 3.47 Å². The van der Waals surface area contributed by atoms with E-state index >= 15 is 0 Å². The fourth-order valence-corrected chi connectivity index (χ4v) is 6.33. The van der Waals surface area contributed by atoms with Crippen molar-refractivity contribution in [2.24, 2.45) is 5.41 Å². The normalized spacial score (nSPS) is 17.2. The molecular formula is C14H27Cl2HfNO. The maximum absolute atomic E-state index is 5.53. The molecule has 0 aliphatic heterocycles. The molecule has 1 aliphatic carbocycles. The minimum atomic E-state index is -1.02. The molecule has 0 spiro atoms. The summed E-state index contributed by atoms with van der Waals surface area (Å²) in [4.78, 5) is 5.53. The van der Waals surface area contributed by atoms with Crippen molar-refractivity contribution in [3.8, 4) is 0 Å². The molecule has 0 unspecified atom stereocenters. The Morgan fingerprint density at radius 1 is 1.11 bits per heavy atom. The maximum Gasteiger partial charge on any atom is -0.147 e. The largest absolute Gasteiger partial charge is 0.147 e. The average molecular weight is 475 g/mol. The summed E-state index contributed by atoms with van der Waals surface area (Å²) < 4.78 is 4.96. The van der Waals surface area contributed by atoms with E-state index in [2.05, 4.69) is 45.0 Å². The Hall–Kier alpha value is 0.850. The molecular weight excluding hydrogens is 448 g/mol. The predicted octanol–water partition coefficient (Wildman–Crippen LogP) is 4.80. The minimum absolute atomic E-state index is 0. The van der Waals surface area contributed by atoms with Crippen molar-refractivity contribution in [2.45, 2.75) is 54.4 Å². The Morgan fingerprint density at radius 3 is 2.11 bits per heavy atom. The third-order valence-corrected chi connectivity index (χ3v) is 9.29. The van der Waals surface area contributed by atoms with Crippen molar-refractivity contribution in [3.05, 3.63) is 20.0 Å². The molecule has 1 N–H and O–H groups in total. The van der Waals surface area contributed by atoms with Gasteiger partial charge >= 0.3 is 118 Å². The fraction of sp³-hybridized carbons (Fsp3) is 0.714. The van der Waals surface area contributed by atoms with Gasteiger partial charge < -0.3 is 0 Å². The second-order valence-corrected chi connectivity index (χ2v) is 8.73. The zero-order valence-electron chi connectivity index (χ0n) is 12.8. The van der Waals surface area contributed by atoms with Crippen LogP contribution in [0.15, 0.2) is 20.0 Å². The minimum Gasteiger partial charge on any atom is -0.147 e. The fourth-order valence-electron chi connectivity index (χ4n) is 2.20. The van der Waals surface area contributed by atoms with Crippen molar-refractivity contribution in [3.63, 3.8) is 0 Å². The molecule has 0 saturated carbocycles. The van der Waals surface area contributed by atoms with Crippen LogP contribution in [-0.4, -0.2) is 6.61 Å². The topological polar surface area (TPSA) is 21.3 Å². The van der Waals surface area contributed by atoms with Crippen LogP contribution in [-0.2, 0) is 28.0 Å². The zero-order chi connectivity index (χ0) is 13.1. The van der Waals surface area contributed by atoms with E-state index in [0.29, 0.717) is 0 Å². The van der Waals surface area contributed by atoms with Gasteiger partial charge in [-0.25, -0.2) is 0 Å². The molecule has 2 nitrogen and oxygen atoms in total. The van der Waals surface area contributed by atoms with Gasteiger partial charge in [0.25, 0.3) is 0 Å². The Bertz CT molecular complexity index is 351. The quantitative estimate of drug-likeness (QED) is 0.339. The van der Waals surface area contributed by atoms with Crippen LogP contribution in [0.3, 0.4) is 0 Å². The molecule has 1 aliphatic rings. The van der Waals surface area contributed by atoms with Gasteiger partial charge in [0.15, 0.2) is 0 Å². The molecule has 112 valence electrons. The third-order valence-electron chi connectivity index (χ3n) is 3.91. The van der Waals surface area contributed by atoms with Crippen LogP contribution in [0.5, 0.6) is 0 Å². The molecule has 0 amide bonds. The first kappa shape index (κ1) is 22.1. The summed E-state index contributed by atoms with van der Waals surface area (Å²) in [6.45, 7) is 14.5. The molecule has 1 rings (SSSR count). The summed E-state index contributed by atoms with van der Waals surface area (Å²) in [5.41, 5.74) is 4.81. The maximum atomic E-state index is 5.53. The van der Waals surface area contributed by atoms with Crippen molar-refractivity contribution >= 4 is 24.8 Å². The first-order valence-electron chi connectivity index (χ1n) is 6.45. The first-order valence-corrected chi connectivity index (χ1v) is 10.0. The smallest absolute Gasteiger partial charge is 0.147 e. The van der Waals surface area contributed by atoms with Crippen LogP contribution in [0.4, 0.5) is 0 Å². The monoisotopic (exact) mass is 475 g/mol. The first-order chi connectivity index (χ1) is 7.92. The number of hydrogen-bond donors (Lipinski definition) is 1. The zero-order valence-corrected chi connectivity index (χ0v) is 18.1. The van der Waals surface area contributed by atoms with E-state index in [1.165, 1.54) is 23.1 Å². The summed E-state index contributed by atoms with van der Waals surface area (Å²) in [6, 6.07) is 0. The van der Waals surface area contributed by atoms with Gasteiger partial charge in [0.2, 0.25) is 0 Å². The summed E-state index contributed by atoms with van der Waals surface area (Å²) in [7, 11) is 0. The van der Waals surface area contributed by atoms with Gasteiger partial charge in [-0.15, -0.1) is 24.8 Å². The van der Waals surface area contributed by atoms with Crippen molar-refractivity contribution in [1.82, 2.24) is 3.47 Å². The van der Waals surface area contributed by atoms with Gasteiger partial charge in [-0.05, 0) is 0 Å². The summed E-state index contributed by atoms with van der Waals surface area (Å²) in [5.74, 6) is 0. The van der Waals surface area contributed by atoms with Crippen molar-refractivity contribution < 1.29 is 28.0 Å². The van der Waals surface area contributed by atoms with E-state index in [9.17, 15) is 0 Å². The number of unbranched alkanes of at least 4 members (excludes halogenated alkanes) is 1. The Labute approximate surface area is 142 Å². The Morgan fingerprint density at radius 2 is 1.68 bits per heavy atom. The second-order valence-electron chi connectivity index (χ2n) is 5.30. The van der Waals surface area contributed by atoms with E-state index in [1.54, 1.807) is 3.33 Å². The van der Waals surface area contributed by atoms with E-state index in [0.717, 1.165) is 13.0 Å². The molecule has 0 aromatic rings. The molecule has 19 heavy (non-hydrogen) atoms. The van der Waals surface area contributed by atoms with E-state index < -0.39 is 23.2 Å². The Kier molecular flexibility index (Phi) is 11.3. The van der Waals surface area contributed by atoms with Crippen molar-refractivity contribution in [1.29, 1.82) is 0 Å². The Balaban J connectivity index is 0. The SMILES string of the molecule is CCCCO[NH][Hf][C]1=C(C)C(C)=C(C)C1(C)C.Cl.Cl. The molecule has 0 fully saturated rings. The second kappa shape index (κ2) is 9.73. The van der Waals surface area contributed by atoms with Crippen molar-refractivity contribution in [2.75, 3.05) is 6.61 Å². The number of nitrogens with one attached hydrogen (secondary N) is 1. The number of hydrogen-bond acceptors (Lipinski definition) is 2. The average Bonchev–Trinajstić information content (AvgIpc) is 2.43. The predicted molar refractivity (Wildman–Crippen MR) is 83.3 cm³/mol. The summed E-state index contributed by atoms with van der Waals surface area (Å²) in [5, 5.41) is 0. The molecule has 0 aromatic carbocycles. The molecule has 0 bridgehead atoms. The van der Waals surface area contributed by atoms with Crippen LogP contribution in [0.1, 0.15) is 54.4 Å². The van der Waals surface area contributed by atoms with Crippen LogP contribution in [0.25, 0.3) is 0 Å². The number of allylic oxidation sites excluding steroid dienone is 4. The van der Waals surface area contributed by atoms with Gasteiger partial charge in [-0.2, -0.15) is 0 Å². The van der Waals surface area contributed by atoms with Gasteiger partial charge in [-0.3, -0.25) is 0 Å². The molecule has 0 saturated heterocycles. The molecule has 0 heterocycles. The number of halogens is 2. The summed E-state index contributed by atoms with van der Waals surface area (Å²) >= 11 is -1.02. The third kappa shape index (κ3) is 5.28. The van der Waals surface area contributed by atoms with E-state index in [-0.39, 0.29) is 30.2 Å². The van der Waals surface area contributed by atoms with E-state index in [1.807, 2.05) is 0 Å². The molecule has 0 radical (unpaired) electrons. The van der Waals surface area contributed by atoms with Gasteiger partial charge in [0.05, 0.1) is 0 Å². The van der Waals surface area contributed by atoms with Crippen LogP contribution in [0, 0.1) is 5.41 Å². The van der Waals surface area contributed by atoms with Crippen LogP contribution >= 0.6 is 24.8 Å². The molecule has 0 atom stereocenters.